The van der Waals surface area contributed by atoms with Gasteiger partial charge in [-0.2, -0.15) is 13.2 Å². The van der Waals surface area contributed by atoms with Crippen LogP contribution in [0.15, 0.2) is 0 Å². The molecule has 5 nitrogen and oxygen atoms in total. The summed E-state index contributed by atoms with van der Waals surface area (Å²) in [6.07, 6.45) is -5.08. The third kappa shape index (κ3) is 10.7. The van der Waals surface area contributed by atoms with E-state index in [0.717, 1.165) is 0 Å². The molecule has 0 bridgehead atoms. The largest absolute Gasteiger partial charge is 0.490 e. The Morgan fingerprint density at radius 1 is 1.46 bits per heavy atom. The normalized spacial score (nSPS) is 9.62. The van der Waals surface area contributed by atoms with E-state index >= 15 is 0 Å². The number of nitrogens with two attached hydrogens (primary N) is 1. The standard InChI is InChI=1S/C3H8N2O.C2HF3O2/c1-5-3(6)2-4;3-2(4,5)1(6)7/h2,4H2,1H3,(H,5,6);(H,6,7). The minimum absolute atomic E-state index is 0.0799. The maximum absolute atomic E-state index is 10.6. The van der Waals surface area contributed by atoms with Crippen LogP contribution in [0.25, 0.3) is 0 Å². The third-order valence-electron chi connectivity index (χ3n) is 0.707. The Bertz CT molecular complexity index is 174. The van der Waals surface area contributed by atoms with Crippen LogP contribution in [-0.2, 0) is 9.59 Å². The van der Waals surface area contributed by atoms with E-state index in [2.05, 4.69) is 5.32 Å². The summed E-state index contributed by atoms with van der Waals surface area (Å²) in [6, 6.07) is 0. The lowest BCUT2D eigenvalue weighted by molar-refractivity contribution is -0.192. The van der Waals surface area contributed by atoms with Crippen molar-refractivity contribution < 1.29 is 27.9 Å². The first kappa shape index (κ1) is 14.2. The summed E-state index contributed by atoms with van der Waals surface area (Å²) < 4.78 is 31.7. The van der Waals surface area contributed by atoms with Crippen LogP contribution in [0.1, 0.15) is 0 Å². The molecule has 0 atom stereocenters. The number of aliphatic carboxylic acids is 1. The molecule has 0 aliphatic carbocycles. The zero-order valence-corrected chi connectivity index (χ0v) is 6.68. The number of alkyl halides is 3. The first-order chi connectivity index (χ1) is 5.75. The quantitative estimate of drug-likeness (QED) is 0.525. The average Bonchev–Trinajstić information content (AvgIpc) is 2.02. The Morgan fingerprint density at radius 3 is 1.77 bits per heavy atom. The van der Waals surface area contributed by atoms with E-state index in [9.17, 15) is 18.0 Å². The Kier molecular flexibility index (Phi) is 6.82. The fourth-order valence-corrected chi connectivity index (χ4v) is 0.102. The summed E-state index contributed by atoms with van der Waals surface area (Å²) in [5.41, 5.74) is 4.87. The number of carboxylic acids is 1. The van der Waals surface area contributed by atoms with Gasteiger partial charge in [0.25, 0.3) is 0 Å². The number of carboxylic acid groups (broad SMARTS) is 1. The van der Waals surface area contributed by atoms with E-state index in [-0.39, 0.29) is 12.5 Å². The van der Waals surface area contributed by atoms with Crippen molar-refractivity contribution in [2.75, 3.05) is 13.6 Å². The van der Waals surface area contributed by atoms with Crippen molar-refractivity contribution in [1.82, 2.24) is 5.32 Å². The summed E-state index contributed by atoms with van der Waals surface area (Å²) in [5.74, 6) is -2.89. The second kappa shape index (κ2) is 6.23. The highest BCUT2D eigenvalue weighted by Crippen LogP contribution is 2.13. The smallest absolute Gasteiger partial charge is 0.475 e. The lowest BCUT2D eigenvalue weighted by atomic mass is 10.6. The molecule has 0 rings (SSSR count). The Morgan fingerprint density at radius 2 is 1.77 bits per heavy atom. The molecule has 0 unspecified atom stereocenters. The van der Waals surface area contributed by atoms with Crippen LogP contribution in [0.2, 0.25) is 0 Å². The number of amides is 1. The van der Waals surface area contributed by atoms with Crippen LogP contribution in [0.4, 0.5) is 13.2 Å². The highest BCUT2D eigenvalue weighted by atomic mass is 19.4. The van der Waals surface area contributed by atoms with Gasteiger partial charge in [0, 0.05) is 7.05 Å². The molecule has 0 aromatic rings. The van der Waals surface area contributed by atoms with Gasteiger partial charge in [0.2, 0.25) is 5.91 Å². The zero-order valence-electron chi connectivity index (χ0n) is 6.68. The van der Waals surface area contributed by atoms with Gasteiger partial charge < -0.3 is 16.2 Å². The molecule has 0 aliphatic heterocycles. The van der Waals surface area contributed by atoms with Crippen LogP contribution < -0.4 is 11.1 Å². The number of carbonyl (C=O) groups is 2. The molecule has 0 saturated carbocycles. The summed E-state index contributed by atoms with van der Waals surface area (Å²) in [5, 5.41) is 9.48. The SMILES string of the molecule is CNC(=O)CN.O=C(O)C(F)(F)F. The van der Waals surface area contributed by atoms with Crippen LogP contribution in [0, 0.1) is 0 Å². The second-order valence-electron chi connectivity index (χ2n) is 1.68. The van der Waals surface area contributed by atoms with Crippen molar-refractivity contribution >= 4 is 11.9 Å². The molecule has 0 radical (unpaired) electrons. The lowest BCUT2D eigenvalue weighted by Gasteiger charge is -1.93. The number of likely N-dealkylation sites (N-methyl/N-ethyl adjacent to an activating group) is 1. The molecule has 8 heteroatoms. The van der Waals surface area contributed by atoms with Gasteiger partial charge >= 0.3 is 12.1 Å². The molecule has 0 aromatic carbocycles. The fraction of sp³-hybridized carbons (Fsp3) is 0.600. The van der Waals surface area contributed by atoms with E-state index in [1.165, 1.54) is 0 Å². The third-order valence-corrected chi connectivity index (χ3v) is 0.707. The summed E-state index contributed by atoms with van der Waals surface area (Å²) in [7, 11) is 1.55. The molecule has 78 valence electrons. The van der Waals surface area contributed by atoms with Gasteiger partial charge in [-0.1, -0.05) is 0 Å². The van der Waals surface area contributed by atoms with Gasteiger partial charge in [0.1, 0.15) is 0 Å². The molecular formula is C5H9F3N2O3. The van der Waals surface area contributed by atoms with Gasteiger partial charge in [-0.15, -0.1) is 0 Å². The summed E-state index contributed by atoms with van der Waals surface area (Å²) >= 11 is 0. The van der Waals surface area contributed by atoms with Crippen molar-refractivity contribution in [3.63, 3.8) is 0 Å². The average molecular weight is 202 g/mol. The van der Waals surface area contributed by atoms with E-state index < -0.39 is 12.1 Å². The topological polar surface area (TPSA) is 92.4 Å². The van der Waals surface area contributed by atoms with Crippen LogP contribution in [-0.4, -0.2) is 36.8 Å². The fourth-order valence-electron chi connectivity index (χ4n) is 0.102. The molecule has 0 aromatic heterocycles. The number of hydrogen-bond acceptors (Lipinski definition) is 3. The van der Waals surface area contributed by atoms with Gasteiger partial charge in [0.05, 0.1) is 6.54 Å². The first-order valence-corrected chi connectivity index (χ1v) is 2.96. The minimum Gasteiger partial charge on any atom is -0.475 e. The maximum Gasteiger partial charge on any atom is 0.490 e. The first-order valence-electron chi connectivity index (χ1n) is 2.96. The molecular weight excluding hydrogens is 193 g/mol. The van der Waals surface area contributed by atoms with Crippen molar-refractivity contribution in [2.24, 2.45) is 5.73 Å². The van der Waals surface area contributed by atoms with Crippen molar-refractivity contribution in [1.29, 1.82) is 0 Å². The van der Waals surface area contributed by atoms with E-state index in [1.807, 2.05) is 0 Å². The van der Waals surface area contributed by atoms with Crippen LogP contribution >= 0.6 is 0 Å². The predicted molar refractivity (Wildman–Crippen MR) is 36.8 cm³/mol. The van der Waals surface area contributed by atoms with Crippen molar-refractivity contribution in [3.05, 3.63) is 0 Å². The minimum atomic E-state index is -5.08. The number of halogens is 3. The van der Waals surface area contributed by atoms with E-state index in [4.69, 9.17) is 15.6 Å². The van der Waals surface area contributed by atoms with E-state index in [1.54, 1.807) is 7.05 Å². The number of carbonyl (C=O) groups excluding carboxylic acids is 1. The zero-order chi connectivity index (χ0) is 11.1. The Hall–Kier alpha value is -1.31. The molecule has 0 fully saturated rings. The molecule has 0 heterocycles. The molecule has 13 heavy (non-hydrogen) atoms. The Labute approximate surface area is 71.7 Å². The Balaban J connectivity index is 0. The maximum atomic E-state index is 10.6. The number of hydrogen-bond donors (Lipinski definition) is 3. The number of rotatable bonds is 1. The lowest BCUT2D eigenvalue weighted by Crippen LogP contribution is -2.26. The van der Waals surface area contributed by atoms with Gasteiger partial charge in [-0.25, -0.2) is 4.79 Å². The summed E-state index contributed by atoms with van der Waals surface area (Å²) in [6.45, 7) is 0.0799. The molecule has 0 spiro atoms. The molecule has 0 aliphatic rings. The highest BCUT2D eigenvalue weighted by molar-refractivity contribution is 5.77. The monoisotopic (exact) mass is 202 g/mol. The highest BCUT2D eigenvalue weighted by Gasteiger charge is 2.38. The van der Waals surface area contributed by atoms with Gasteiger partial charge in [0.15, 0.2) is 0 Å². The van der Waals surface area contributed by atoms with Gasteiger partial charge in [-0.05, 0) is 0 Å². The summed E-state index contributed by atoms with van der Waals surface area (Å²) in [4.78, 5) is 18.8. The van der Waals surface area contributed by atoms with Crippen LogP contribution in [0.3, 0.4) is 0 Å². The molecule has 4 N–H and O–H groups in total. The van der Waals surface area contributed by atoms with Gasteiger partial charge in [-0.3, -0.25) is 4.79 Å². The molecule has 1 amide bonds. The predicted octanol–water partition coefficient (Wildman–Crippen LogP) is -0.676. The second-order valence-corrected chi connectivity index (χ2v) is 1.68. The molecule has 0 saturated heterocycles. The van der Waals surface area contributed by atoms with Crippen LogP contribution in [0.5, 0.6) is 0 Å². The van der Waals surface area contributed by atoms with E-state index in [0.29, 0.717) is 0 Å². The number of nitrogens with one attached hydrogen (secondary N) is 1. The van der Waals surface area contributed by atoms with Crippen molar-refractivity contribution in [2.45, 2.75) is 6.18 Å². The van der Waals surface area contributed by atoms with Crippen molar-refractivity contribution in [3.8, 4) is 0 Å².